The van der Waals surface area contributed by atoms with E-state index in [0.717, 1.165) is 40.5 Å². The van der Waals surface area contributed by atoms with E-state index in [1.807, 2.05) is 30.1 Å². The maximum Gasteiger partial charge on any atom is 0.239 e. The van der Waals surface area contributed by atoms with E-state index in [-0.39, 0.29) is 5.91 Å². The zero-order valence-corrected chi connectivity index (χ0v) is 13.5. The van der Waals surface area contributed by atoms with E-state index in [1.54, 1.807) is 18.4 Å². The van der Waals surface area contributed by atoms with Crippen LogP contribution in [0.15, 0.2) is 18.2 Å². The van der Waals surface area contributed by atoms with Crippen molar-refractivity contribution < 1.29 is 9.53 Å². The van der Waals surface area contributed by atoms with E-state index in [0.29, 0.717) is 6.54 Å². The summed E-state index contributed by atoms with van der Waals surface area (Å²) in [6.07, 6.45) is 2.08. The lowest BCUT2D eigenvalue weighted by atomic mass is 10.3. The molecule has 0 unspecified atom stereocenters. The predicted molar refractivity (Wildman–Crippen MR) is 87.4 cm³/mol. The van der Waals surface area contributed by atoms with Crippen molar-refractivity contribution in [3.05, 3.63) is 18.2 Å². The Morgan fingerprint density at radius 2 is 2.29 bits per heavy atom. The second-order valence-electron chi connectivity index (χ2n) is 4.86. The van der Waals surface area contributed by atoms with Crippen LogP contribution in [0, 0.1) is 0 Å². The highest BCUT2D eigenvalue weighted by Gasteiger charge is 2.13. The van der Waals surface area contributed by atoms with Gasteiger partial charge in [0.15, 0.2) is 5.13 Å². The maximum atomic E-state index is 11.8. The summed E-state index contributed by atoms with van der Waals surface area (Å²) in [5.74, 6) is 0.785. The Kier molecular flexibility index (Phi) is 5.38. The number of anilines is 1. The van der Waals surface area contributed by atoms with E-state index < -0.39 is 0 Å². The first-order chi connectivity index (χ1) is 10.2. The van der Waals surface area contributed by atoms with E-state index in [9.17, 15) is 4.79 Å². The normalized spacial score (nSPS) is 10.6. The molecule has 0 aliphatic carbocycles. The number of thiazole rings is 1. The van der Waals surface area contributed by atoms with Crippen LogP contribution in [0.2, 0.25) is 0 Å². The lowest BCUT2D eigenvalue weighted by Gasteiger charge is -2.14. The van der Waals surface area contributed by atoms with E-state index in [4.69, 9.17) is 4.74 Å². The van der Waals surface area contributed by atoms with Crippen molar-refractivity contribution in [3.8, 4) is 5.75 Å². The summed E-state index contributed by atoms with van der Waals surface area (Å²) in [6, 6.07) is 5.85. The number of carbonyl (C=O) groups excluding carboxylic acids is 1. The molecule has 1 aromatic carbocycles. The first-order valence-corrected chi connectivity index (χ1v) is 7.88. The number of likely N-dealkylation sites (N-methyl/N-ethyl adjacent to an activating group) is 1. The summed E-state index contributed by atoms with van der Waals surface area (Å²) < 4.78 is 6.37. The van der Waals surface area contributed by atoms with Gasteiger partial charge in [-0.25, -0.2) is 4.98 Å². The van der Waals surface area contributed by atoms with Gasteiger partial charge in [-0.2, -0.15) is 0 Å². The highest BCUT2D eigenvalue weighted by atomic mass is 32.1. The molecule has 1 aromatic heterocycles. The number of carbonyl (C=O) groups is 1. The molecule has 1 N–H and O–H groups in total. The van der Waals surface area contributed by atoms with Crippen molar-refractivity contribution >= 4 is 32.6 Å². The Labute approximate surface area is 128 Å². The van der Waals surface area contributed by atoms with Crippen molar-refractivity contribution in [3.63, 3.8) is 0 Å². The van der Waals surface area contributed by atoms with Crippen LogP contribution in [0.3, 0.4) is 0 Å². The third kappa shape index (κ3) is 3.85. The third-order valence-corrected chi connectivity index (χ3v) is 4.29. The molecule has 0 bridgehead atoms. The molecule has 1 amide bonds. The number of methoxy groups -OCH3 is 1. The summed E-state index contributed by atoms with van der Waals surface area (Å²) in [5, 5.41) is 3.73. The van der Waals surface area contributed by atoms with E-state index >= 15 is 0 Å². The molecule has 21 heavy (non-hydrogen) atoms. The highest BCUT2D eigenvalue weighted by molar-refractivity contribution is 7.22. The Bertz CT molecular complexity index is 612. The number of aromatic nitrogens is 1. The lowest BCUT2D eigenvalue weighted by Crippen LogP contribution is -2.35. The molecule has 0 saturated heterocycles. The van der Waals surface area contributed by atoms with Gasteiger partial charge in [0, 0.05) is 13.6 Å². The van der Waals surface area contributed by atoms with Gasteiger partial charge < -0.3 is 15.0 Å². The smallest absolute Gasteiger partial charge is 0.239 e. The fraction of sp³-hybridized carbons (Fsp3) is 0.467. The van der Waals surface area contributed by atoms with Crippen LogP contribution >= 0.6 is 11.3 Å². The van der Waals surface area contributed by atoms with Gasteiger partial charge in [-0.1, -0.05) is 30.7 Å². The minimum atomic E-state index is 0.0252. The van der Waals surface area contributed by atoms with E-state index in [1.165, 1.54) is 0 Å². The van der Waals surface area contributed by atoms with Crippen LogP contribution in [-0.4, -0.2) is 38.1 Å². The lowest BCUT2D eigenvalue weighted by molar-refractivity contribution is -0.119. The average Bonchev–Trinajstić information content (AvgIpc) is 2.91. The molecule has 0 fully saturated rings. The Balaban J connectivity index is 2.05. The number of hydrogen-bond acceptors (Lipinski definition) is 5. The zero-order chi connectivity index (χ0) is 15.2. The molecular formula is C15H21N3O2S. The van der Waals surface area contributed by atoms with Crippen molar-refractivity contribution in [2.24, 2.45) is 0 Å². The van der Waals surface area contributed by atoms with Crippen molar-refractivity contribution in [2.45, 2.75) is 19.8 Å². The molecule has 1 heterocycles. The summed E-state index contributed by atoms with van der Waals surface area (Å²) in [6.45, 7) is 3.15. The van der Waals surface area contributed by atoms with Gasteiger partial charge >= 0.3 is 0 Å². The van der Waals surface area contributed by atoms with Crippen molar-refractivity contribution in [1.29, 1.82) is 0 Å². The largest absolute Gasteiger partial charge is 0.494 e. The van der Waals surface area contributed by atoms with Gasteiger partial charge in [-0.15, -0.1) is 0 Å². The summed E-state index contributed by atoms with van der Waals surface area (Å²) >= 11 is 1.56. The van der Waals surface area contributed by atoms with Crippen LogP contribution < -0.4 is 15.0 Å². The van der Waals surface area contributed by atoms with Crippen LogP contribution in [0.5, 0.6) is 5.75 Å². The molecule has 0 aliphatic rings. The monoisotopic (exact) mass is 307 g/mol. The minimum absolute atomic E-state index is 0.0252. The second-order valence-corrected chi connectivity index (χ2v) is 5.87. The fourth-order valence-corrected chi connectivity index (χ4v) is 2.93. The number of fused-ring (bicyclic) bond motifs is 1. The van der Waals surface area contributed by atoms with Crippen LogP contribution in [-0.2, 0) is 4.79 Å². The van der Waals surface area contributed by atoms with Gasteiger partial charge in [-0.3, -0.25) is 4.79 Å². The zero-order valence-electron chi connectivity index (χ0n) is 12.7. The van der Waals surface area contributed by atoms with Gasteiger partial charge in [-0.05, 0) is 18.6 Å². The third-order valence-electron chi connectivity index (χ3n) is 3.15. The van der Waals surface area contributed by atoms with Crippen molar-refractivity contribution in [1.82, 2.24) is 10.3 Å². The number of benzene rings is 1. The molecule has 0 saturated carbocycles. The predicted octanol–water partition coefficient (Wildman–Crippen LogP) is 2.66. The second kappa shape index (κ2) is 7.26. The van der Waals surface area contributed by atoms with Crippen molar-refractivity contribution in [2.75, 3.05) is 32.1 Å². The minimum Gasteiger partial charge on any atom is -0.494 e. The Morgan fingerprint density at radius 1 is 1.48 bits per heavy atom. The number of para-hydroxylation sites is 1. The number of nitrogens with one attached hydrogen (secondary N) is 1. The first kappa shape index (κ1) is 15.6. The molecule has 2 rings (SSSR count). The van der Waals surface area contributed by atoms with Gasteiger partial charge in [0.25, 0.3) is 0 Å². The molecule has 114 valence electrons. The number of unbranched alkanes of at least 4 members (excludes halogenated alkanes) is 1. The van der Waals surface area contributed by atoms with Crippen LogP contribution in [0.1, 0.15) is 19.8 Å². The number of amides is 1. The summed E-state index contributed by atoms with van der Waals surface area (Å²) in [4.78, 5) is 18.3. The fourth-order valence-electron chi connectivity index (χ4n) is 1.98. The molecule has 6 heteroatoms. The summed E-state index contributed by atoms with van der Waals surface area (Å²) in [7, 11) is 3.52. The van der Waals surface area contributed by atoms with Gasteiger partial charge in [0.2, 0.25) is 5.91 Å². The molecule has 5 nitrogen and oxygen atoms in total. The number of hydrogen-bond donors (Lipinski definition) is 1. The van der Waals surface area contributed by atoms with Crippen LogP contribution in [0.25, 0.3) is 10.2 Å². The summed E-state index contributed by atoms with van der Waals surface area (Å²) in [5.41, 5.74) is 0.846. The quantitative estimate of drug-likeness (QED) is 0.799. The SMILES string of the molecule is CCCCNC(=O)CN(C)c1nc2c(OC)cccc2s1. The molecule has 0 radical (unpaired) electrons. The standard InChI is InChI=1S/C15H21N3O2S/c1-4-5-9-16-13(19)10-18(2)15-17-14-11(20-3)7-6-8-12(14)21-15/h6-8H,4-5,9-10H2,1-3H3,(H,16,19). The molecular weight excluding hydrogens is 286 g/mol. The van der Waals surface area contributed by atoms with E-state index in [2.05, 4.69) is 17.2 Å². The number of nitrogens with zero attached hydrogens (tertiary/aromatic N) is 2. The highest BCUT2D eigenvalue weighted by Crippen LogP contribution is 2.33. The molecule has 0 atom stereocenters. The average molecular weight is 307 g/mol. The Morgan fingerprint density at radius 3 is 3.00 bits per heavy atom. The molecule has 2 aromatic rings. The maximum absolute atomic E-state index is 11.8. The molecule has 0 spiro atoms. The van der Waals surface area contributed by atoms with Gasteiger partial charge in [0.05, 0.1) is 18.4 Å². The molecule has 0 aliphatic heterocycles. The van der Waals surface area contributed by atoms with Gasteiger partial charge in [0.1, 0.15) is 11.3 Å². The topological polar surface area (TPSA) is 54.5 Å². The number of rotatable bonds is 7. The number of ether oxygens (including phenoxy) is 1. The Hall–Kier alpha value is -1.82. The first-order valence-electron chi connectivity index (χ1n) is 7.07. The van der Waals surface area contributed by atoms with Crippen LogP contribution in [0.4, 0.5) is 5.13 Å².